The third-order valence-corrected chi connectivity index (χ3v) is 3.84. The van der Waals surface area contributed by atoms with E-state index in [9.17, 15) is 0 Å². The van der Waals surface area contributed by atoms with Crippen molar-refractivity contribution in [1.29, 1.82) is 0 Å². The first-order valence-electron chi connectivity index (χ1n) is 7.50. The number of nitrogens with zero attached hydrogens (tertiary/aromatic N) is 3. The first-order valence-corrected chi connectivity index (χ1v) is 7.50. The average molecular weight is 289 g/mol. The number of ether oxygens (including phenoxy) is 1. The standard InChI is InChI=1S/C10H14N.C7H13N2O/c1-10(2)7-5-4-6-9(10)8-11-3;1-8-2-3-9-4-6-10-7-5-9/h3-6H,7-8H2,1-2H3;1H,2-7H2/q2*+1. The zero-order valence-corrected chi connectivity index (χ0v) is 13.3. The molecular weight excluding hydrogens is 262 g/mol. The molecular formula is C17H27N3O+2. The van der Waals surface area contributed by atoms with E-state index in [1.54, 1.807) is 0 Å². The van der Waals surface area contributed by atoms with E-state index in [4.69, 9.17) is 17.9 Å². The number of hydrogen-bond acceptors (Lipinski definition) is 2. The van der Waals surface area contributed by atoms with Gasteiger partial charge in [-0.05, 0) is 11.8 Å². The Morgan fingerprint density at radius 2 is 1.95 bits per heavy atom. The van der Waals surface area contributed by atoms with Crippen LogP contribution >= 0.6 is 0 Å². The summed E-state index contributed by atoms with van der Waals surface area (Å²) < 4.78 is 5.18. The molecule has 0 aromatic carbocycles. The summed E-state index contributed by atoms with van der Waals surface area (Å²) in [4.78, 5) is 9.51. The summed E-state index contributed by atoms with van der Waals surface area (Å²) >= 11 is 0. The lowest BCUT2D eigenvalue weighted by atomic mass is 9.78. The molecule has 1 heterocycles. The van der Waals surface area contributed by atoms with E-state index in [0.717, 1.165) is 45.8 Å². The predicted octanol–water partition coefficient (Wildman–Crippen LogP) is 3.14. The summed E-state index contributed by atoms with van der Waals surface area (Å²) in [7, 11) is 0. The molecule has 0 N–H and O–H groups in total. The summed E-state index contributed by atoms with van der Waals surface area (Å²) in [6, 6.07) is 0. The SMILES string of the molecule is C#[N+]CC1=CC=CCC1(C)C.C#[N+]CCN1CCOCC1. The van der Waals surface area contributed by atoms with Gasteiger partial charge in [-0.3, -0.25) is 4.90 Å². The minimum atomic E-state index is 0.248. The van der Waals surface area contributed by atoms with Crippen molar-refractivity contribution in [3.63, 3.8) is 0 Å². The van der Waals surface area contributed by atoms with E-state index in [2.05, 4.69) is 46.7 Å². The van der Waals surface area contributed by atoms with E-state index in [-0.39, 0.29) is 5.41 Å². The average Bonchev–Trinajstić information content (AvgIpc) is 2.49. The Morgan fingerprint density at radius 3 is 2.52 bits per heavy atom. The van der Waals surface area contributed by atoms with Crippen LogP contribution in [0.5, 0.6) is 0 Å². The van der Waals surface area contributed by atoms with Gasteiger partial charge in [-0.15, -0.1) is 0 Å². The van der Waals surface area contributed by atoms with Gasteiger partial charge in [-0.2, -0.15) is 0 Å². The van der Waals surface area contributed by atoms with E-state index >= 15 is 0 Å². The molecule has 4 heteroatoms. The van der Waals surface area contributed by atoms with Crippen LogP contribution in [0.25, 0.3) is 9.69 Å². The third-order valence-electron chi connectivity index (χ3n) is 3.84. The summed E-state index contributed by atoms with van der Waals surface area (Å²) in [6.45, 7) is 20.7. The monoisotopic (exact) mass is 289 g/mol. The molecule has 0 amide bonds. The zero-order valence-electron chi connectivity index (χ0n) is 13.3. The van der Waals surface area contributed by atoms with Crippen molar-refractivity contribution < 1.29 is 4.74 Å². The number of hydrogen-bond donors (Lipinski definition) is 0. The maximum atomic E-state index is 5.18. The van der Waals surface area contributed by atoms with Crippen molar-refractivity contribution in [2.45, 2.75) is 20.3 Å². The fraction of sp³-hybridized carbons (Fsp3) is 0.647. The quantitative estimate of drug-likeness (QED) is 0.796. The minimum absolute atomic E-state index is 0.248. The van der Waals surface area contributed by atoms with Crippen LogP contribution in [0.4, 0.5) is 0 Å². The van der Waals surface area contributed by atoms with Gasteiger partial charge >= 0.3 is 0 Å². The first-order chi connectivity index (χ1) is 10.1. The minimum Gasteiger partial charge on any atom is -0.379 e. The molecule has 0 saturated carbocycles. The molecule has 0 unspecified atom stereocenters. The van der Waals surface area contributed by atoms with Gasteiger partial charge in [0.25, 0.3) is 26.2 Å². The topological polar surface area (TPSA) is 21.2 Å². The molecule has 21 heavy (non-hydrogen) atoms. The van der Waals surface area contributed by atoms with Gasteiger partial charge in [0, 0.05) is 18.7 Å². The number of rotatable bonds is 3. The van der Waals surface area contributed by atoms with Gasteiger partial charge in [0.05, 0.1) is 19.8 Å². The summed E-state index contributed by atoms with van der Waals surface area (Å²) in [5.74, 6) is 0. The van der Waals surface area contributed by atoms with Crippen molar-refractivity contribution in [3.05, 3.63) is 33.5 Å². The van der Waals surface area contributed by atoms with Gasteiger partial charge in [-0.1, -0.05) is 41.8 Å². The van der Waals surface area contributed by atoms with E-state index in [0.29, 0.717) is 6.54 Å². The van der Waals surface area contributed by atoms with Crippen molar-refractivity contribution in [3.8, 4) is 13.1 Å². The Hall–Kier alpha value is -1.62. The maximum Gasteiger partial charge on any atom is 0.285 e. The molecule has 1 aliphatic carbocycles. The molecule has 0 aromatic rings. The van der Waals surface area contributed by atoms with Crippen LogP contribution in [0.15, 0.2) is 23.8 Å². The van der Waals surface area contributed by atoms with Crippen molar-refractivity contribution >= 4 is 0 Å². The van der Waals surface area contributed by atoms with E-state index in [1.165, 1.54) is 5.57 Å². The molecule has 114 valence electrons. The highest BCUT2D eigenvalue weighted by Gasteiger charge is 2.25. The molecule has 1 fully saturated rings. The van der Waals surface area contributed by atoms with Crippen LogP contribution in [0.1, 0.15) is 20.3 Å². The third kappa shape index (κ3) is 6.58. The van der Waals surface area contributed by atoms with Crippen LogP contribution in [-0.2, 0) is 4.74 Å². The van der Waals surface area contributed by atoms with Crippen molar-refractivity contribution in [2.75, 3.05) is 45.9 Å². The molecule has 2 aliphatic rings. The maximum absolute atomic E-state index is 5.18. The van der Waals surface area contributed by atoms with Crippen molar-refractivity contribution in [2.24, 2.45) is 5.41 Å². The molecule has 0 bridgehead atoms. The number of allylic oxidation sites excluding steroid dienone is 3. The first kappa shape index (κ1) is 17.4. The van der Waals surface area contributed by atoms with Crippen LogP contribution in [-0.4, -0.2) is 50.8 Å². The second-order valence-electron chi connectivity index (χ2n) is 5.91. The Labute approximate surface area is 128 Å². The van der Waals surface area contributed by atoms with E-state index < -0.39 is 0 Å². The summed E-state index contributed by atoms with van der Waals surface area (Å²) in [6.07, 6.45) is 7.46. The number of morpholine rings is 1. The molecule has 0 atom stereocenters. The lowest BCUT2D eigenvalue weighted by Crippen LogP contribution is -2.37. The molecule has 4 nitrogen and oxygen atoms in total. The second-order valence-corrected chi connectivity index (χ2v) is 5.91. The molecule has 2 rings (SSSR count). The molecule has 0 spiro atoms. The molecule has 0 radical (unpaired) electrons. The Balaban J connectivity index is 0.000000211. The highest BCUT2D eigenvalue weighted by Crippen LogP contribution is 2.33. The van der Waals surface area contributed by atoms with E-state index in [1.807, 2.05) is 0 Å². The van der Waals surface area contributed by atoms with Crippen LogP contribution in [0.2, 0.25) is 0 Å². The Morgan fingerprint density at radius 1 is 1.24 bits per heavy atom. The van der Waals surface area contributed by atoms with Crippen LogP contribution < -0.4 is 0 Å². The Bertz CT molecular complexity index is 446. The lowest BCUT2D eigenvalue weighted by molar-refractivity contribution is 0.0402. The smallest absolute Gasteiger partial charge is 0.285 e. The van der Waals surface area contributed by atoms with Crippen LogP contribution in [0, 0.1) is 18.6 Å². The largest absolute Gasteiger partial charge is 0.379 e. The summed E-state index contributed by atoms with van der Waals surface area (Å²) in [5.41, 5.74) is 1.57. The van der Waals surface area contributed by atoms with Gasteiger partial charge in [-0.25, -0.2) is 0 Å². The van der Waals surface area contributed by atoms with Gasteiger partial charge in [0.2, 0.25) is 0 Å². The fourth-order valence-corrected chi connectivity index (χ4v) is 2.29. The summed E-state index contributed by atoms with van der Waals surface area (Å²) in [5, 5.41) is 0. The highest BCUT2D eigenvalue weighted by molar-refractivity contribution is 5.27. The zero-order chi connectivity index (χ0) is 15.6. The normalized spacial score (nSPS) is 20.5. The molecule has 1 saturated heterocycles. The van der Waals surface area contributed by atoms with Crippen LogP contribution in [0.3, 0.4) is 0 Å². The lowest BCUT2D eigenvalue weighted by Gasteiger charge is -2.24. The fourth-order valence-electron chi connectivity index (χ4n) is 2.29. The van der Waals surface area contributed by atoms with Gasteiger partial charge < -0.3 is 4.74 Å². The van der Waals surface area contributed by atoms with Gasteiger partial charge in [0.1, 0.15) is 0 Å². The predicted molar refractivity (Wildman–Crippen MR) is 89.2 cm³/mol. The van der Waals surface area contributed by atoms with Crippen molar-refractivity contribution in [1.82, 2.24) is 4.90 Å². The second kappa shape index (κ2) is 9.34. The molecule has 0 aromatic heterocycles. The molecule has 1 aliphatic heterocycles. The highest BCUT2D eigenvalue weighted by atomic mass is 16.5. The Kier molecular flexibility index (Phi) is 7.75. The van der Waals surface area contributed by atoms with Gasteiger partial charge in [0.15, 0.2) is 0 Å².